The van der Waals surface area contributed by atoms with Gasteiger partial charge in [-0.1, -0.05) is 0 Å². The van der Waals surface area contributed by atoms with Crippen LogP contribution >= 0.6 is 0 Å². The second kappa shape index (κ2) is 7.99. The third-order valence-electron chi connectivity index (χ3n) is 3.16. The van der Waals surface area contributed by atoms with Crippen LogP contribution < -0.4 is 10.1 Å². The number of amides is 1. The van der Waals surface area contributed by atoms with Gasteiger partial charge in [0.2, 0.25) is 5.76 Å². The topological polar surface area (TPSA) is 126 Å². The molecule has 1 N–H and O–H groups in total. The molecule has 1 aromatic carbocycles. The van der Waals surface area contributed by atoms with Crippen LogP contribution in [0.25, 0.3) is 0 Å². The van der Waals surface area contributed by atoms with Crippen molar-refractivity contribution in [3.05, 3.63) is 40.3 Å². The van der Waals surface area contributed by atoms with Gasteiger partial charge in [-0.15, -0.1) is 0 Å². The average molecular weight is 352 g/mol. The van der Waals surface area contributed by atoms with Crippen molar-refractivity contribution >= 4 is 23.3 Å². The van der Waals surface area contributed by atoms with Crippen LogP contribution in [-0.2, 0) is 23.8 Å². The van der Waals surface area contributed by atoms with Gasteiger partial charge in [0.25, 0.3) is 11.6 Å². The number of non-ortho nitro benzene ring substituents is 1. The standard InChI is InChI=1S/C15H16N2O8/c1-9(25-15(19)13-8-23-5-6-24-13)14(18)16-11-4-3-10(17(20)21)7-12(11)22-2/h3-4,7-9H,5-6H2,1-2H3,(H,16,18)/t9-/m1/s1. The third kappa shape index (κ3) is 4.59. The van der Waals surface area contributed by atoms with Gasteiger partial charge in [-0.2, -0.15) is 0 Å². The van der Waals surface area contributed by atoms with E-state index in [4.69, 9.17) is 18.9 Å². The average Bonchev–Trinajstić information content (AvgIpc) is 2.62. The molecule has 1 aliphatic heterocycles. The third-order valence-corrected chi connectivity index (χ3v) is 3.16. The highest BCUT2D eigenvalue weighted by atomic mass is 16.6. The quantitative estimate of drug-likeness (QED) is 0.462. The summed E-state index contributed by atoms with van der Waals surface area (Å²) >= 11 is 0. The SMILES string of the molecule is COc1cc([N+](=O)[O-])ccc1NC(=O)[C@@H](C)OC(=O)C1=COCCO1. The summed E-state index contributed by atoms with van der Waals surface area (Å²) in [7, 11) is 1.31. The monoisotopic (exact) mass is 352 g/mol. The minimum absolute atomic E-state index is 0.104. The Labute approximate surface area is 142 Å². The number of rotatable bonds is 6. The van der Waals surface area contributed by atoms with Crippen molar-refractivity contribution in [3.8, 4) is 5.75 Å². The Morgan fingerprint density at radius 3 is 2.72 bits per heavy atom. The van der Waals surface area contributed by atoms with E-state index in [1.54, 1.807) is 0 Å². The van der Waals surface area contributed by atoms with Gasteiger partial charge in [0.1, 0.15) is 25.2 Å². The summed E-state index contributed by atoms with van der Waals surface area (Å²) in [5, 5.41) is 13.2. The summed E-state index contributed by atoms with van der Waals surface area (Å²) in [5.74, 6) is -1.50. The lowest BCUT2D eigenvalue weighted by Gasteiger charge is -2.18. The van der Waals surface area contributed by atoms with E-state index in [0.717, 1.165) is 6.26 Å². The van der Waals surface area contributed by atoms with Crippen LogP contribution in [0.5, 0.6) is 5.75 Å². The Morgan fingerprint density at radius 1 is 1.36 bits per heavy atom. The number of hydrogen-bond acceptors (Lipinski definition) is 8. The van der Waals surface area contributed by atoms with Gasteiger partial charge in [0.15, 0.2) is 6.10 Å². The Kier molecular flexibility index (Phi) is 5.77. The van der Waals surface area contributed by atoms with E-state index in [2.05, 4.69) is 5.32 Å². The molecule has 10 nitrogen and oxygen atoms in total. The maximum absolute atomic E-state index is 12.1. The van der Waals surface area contributed by atoms with Crippen molar-refractivity contribution in [2.75, 3.05) is 25.6 Å². The fourth-order valence-corrected chi connectivity index (χ4v) is 1.88. The molecule has 0 fully saturated rings. The Hall–Kier alpha value is -3.30. The molecule has 2 rings (SSSR count). The number of nitro benzene ring substituents is 1. The number of nitrogens with zero attached hydrogens (tertiary/aromatic N) is 1. The first-order valence-electron chi connectivity index (χ1n) is 7.21. The molecule has 1 aliphatic rings. The van der Waals surface area contributed by atoms with Gasteiger partial charge in [-0.3, -0.25) is 14.9 Å². The smallest absolute Gasteiger partial charge is 0.377 e. The van der Waals surface area contributed by atoms with Crippen molar-refractivity contribution in [3.63, 3.8) is 0 Å². The van der Waals surface area contributed by atoms with Crippen molar-refractivity contribution in [1.82, 2.24) is 0 Å². The summed E-state index contributed by atoms with van der Waals surface area (Å²) in [5.41, 5.74) is 0.0215. The molecule has 0 aliphatic carbocycles. The van der Waals surface area contributed by atoms with Crippen LogP contribution in [0.3, 0.4) is 0 Å². The highest BCUT2D eigenvalue weighted by Gasteiger charge is 2.24. The number of hydrogen-bond donors (Lipinski definition) is 1. The predicted octanol–water partition coefficient (Wildman–Crippen LogP) is 1.36. The molecule has 0 saturated heterocycles. The minimum Gasteiger partial charge on any atom is -0.494 e. The van der Waals surface area contributed by atoms with Crippen molar-refractivity contribution in [2.24, 2.45) is 0 Å². The van der Waals surface area contributed by atoms with Crippen molar-refractivity contribution < 1.29 is 33.5 Å². The van der Waals surface area contributed by atoms with E-state index in [1.165, 1.54) is 32.2 Å². The second-order valence-electron chi connectivity index (χ2n) is 4.88. The summed E-state index contributed by atoms with van der Waals surface area (Å²) in [4.78, 5) is 34.2. The highest BCUT2D eigenvalue weighted by Crippen LogP contribution is 2.29. The number of esters is 1. The fourth-order valence-electron chi connectivity index (χ4n) is 1.88. The number of ether oxygens (including phenoxy) is 4. The molecular formula is C15H16N2O8. The molecule has 1 heterocycles. The molecule has 0 spiro atoms. The van der Waals surface area contributed by atoms with Crippen LogP contribution in [0.1, 0.15) is 6.92 Å². The number of carbonyl (C=O) groups is 2. The van der Waals surface area contributed by atoms with Crippen LogP contribution in [0.4, 0.5) is 11.4 Å². The van der Waals surface area contributed by atoms with E-state index in [-0.39, 0.29) is 29.5 Å². The first kappa shape index (κ1) is 18.0. The fraction of sp³-hybridized carbons (Fsp3) is 0.333. The molecule has 25 heavy (non-hydrogen) atoms. The molecule has 1 aromatic rings. The van der Waals surface area contributed by atoms with Crippen LogP contribution in [0.2, 0.25) is 0 Å². The molecule has 1 amide bonds. The van der Waals surface area contributed by atoms with E-state index >= 15 is 0 Å². The molecule has 10 heteroatoms. The number of nitro groups is 1. The second-order valence-corrected chi connectivity index (χ2v) is 4.88. The van der Waals surface area contributed by atoms with E-state index in [0.29, 0.717) is 6.61 Å². The van der Waals surface area contributed by atoms with Crippen LogP contribution in [0.15, 0.2) is 30.2 Å². The Balaban J connectivity index is 2.02. The van der Waals surface area contributed by atoms with Crippen molar-refractivity contribution in [1.29, 1.82) is 0 Å². The first-order chi connectivity index (χ1) is 11.9. The van der Waals surface area contributed by atoms with Gasteiger partial charge in [-0.05, 0) is 13.0 Å². The highest BCUT2D eigenvalue weighted by molar-refractivity contribution is 5.97. The minimum atomic E-state index is -1.14. The van der Waals surface area contributed by atoms with Gasteiger partial charge in [0.05, 0.1) is 23.8 Å². The van der Waals surface area contributed by atoms with Gasteiger partial charge in [-0.25, -0.2) is 4.79 Å². The van der Waals surface area contributed by atoms with Gasteiger partial charge >= 0.3 is 5.97 Å². The zero-order valence-corrected chi connectivity index (χ0v) is 13.5. The number of carbonyl (C=O) groups excluding carboxylic acids is 2. The molecule has 1 atom stereocenters. The van der Waals surface area contributed by atoms with E-state index < -0.39 is 22.9 Å². The Bertz CT molecular complexity index is 715. The molecular weight excluding hydrogens is 336 g/mol. The number of anilines is 1. The van der Waals surface area contributed by atoms with E-state index in [1.807, 2.05) is 0 Å². The molecule has 0 saturated carbocycles. The van der Waals surface area contributed by atoms with Crippen LogP contribution in [0, 0.1) is 10.1 Å². The lowest BCUT2D eigenvalue weighted by atomic mass is 10.2. The zero-order chi connectivity index (χ0) is 18.4. The molecule has 0 bridgehead atoms. The zero-order valence-electron chi connectivity index (χ0n) is 13.5. The normalized spacial score (nSPS) is 14.2. The number of nitrogens with one attached hydrogen (secondary N) is 1. The van der Waals surface area contributed by atoms with Crippen molar-refractivity contribution in [2.45, 2.75) is 13.0 Å². The lowest BCUT2D eigenvalue weighted by Crippen LogP contribution is -2.31. The van der Waals surface area contributed by atoms with Gasteiger partial charge < -0.3 is 24.3 Å². The predicted molar refractivity (Wildman–Crippen MR) is 83.8 cm³/mol. The maximum atomic E-state index is 12.1. The summed E-state index contributed by atoms with van der Waals surface area (Å²) in [6.07, 6.45) is -0.0191. The summed E-state index contributed by atoms with van der Waals surface area (Å²) < 4.78 is 20.0. The number of methoxy groups -OCH3 is 1. The van der Waals surface area contributed by atoms with E-state index in [9.17, 15) is 19.7 Å². The molecule has 0 aromatic heterocycles. The molecule has 0 unspecified atom stereocenters. The summed E-state index contributed by atoms with van der Waals surface area (Å²) in [6.45, 7) is 1.91. The van der Waals surface area contributed by atoms with Crippen LogP contribution in [-0.4, -0.2) is 43.2 Å². The molecule has 134 valence electrons. The number of benzene rings is 1. The summed E-state index contributed by atoms with van der Waals surface area (Å²) in [6, 6.07) is 3.71. The largest absolute Gasteiger partial charge is 0.494 e. The maximum Gasteiger partial charge on any atom is 0.377 e. The Morgan fingerprint density at radius 2 is 2.12 bits per heavy atom. The first-order valence-corrected chi connectivity index (χ1v) is 7.21. The lowest BCUT2D eigenvalue weighted by molar-refractivity contribution is -0.384. The van der Waals surface area contributed by atoms with Gasteiger partial charge in [0, 0.05) is 6.07 Å². The molecule has 0 radical (unpaired) electrons.